The minimum absolute atomic E-state index is 0.218. The molecule has 0 bridgehead atoms. The van der Waals surface area contributed by atoms with E-state index in [1.807, 2.05) is 0 Å². The second-order valence-corrected chi connectivity index (χ2v) is 7.31. The first-order chi connectivity index (χ1) is 12.7. The number of hydrogen-bond donors (Lipinski definition) is 0. The number of fused-ring (bicyclic) bond motifs is 2. The molecule has 4 aromatic rings. The maximum absolute atomic E-state index is 4.76. The Morgan fingerprint density at radius 2 is 1.12 bits per heavy atom. The van der Waals surface area contributed by atoms with Crippen molar-refractivity contribution in [1.82, 2.24) is 0 Å². The molecule has 26 heavy (non-hydrogen) atoms. The summed E-state index contributed by atoms with van der Waals surface area (Å²) < 4.78 is 0. The van der Waals surface area contributed by atoms with E-state index in [0.717, 1.165) is 6.42 Å². The van der Waals surface area contributed by atoms with E-state index in [9.17, 15) is 0 Å². The van der Waals surface area contributed by atoms with Gasteiger partial charge < -0.3 is 0 Å². The minimum Gasteiger partial charge on any atom is -0.0654 e. The van der Waals surface area contributed by atoms with Crippen molar-refractivity contribution in [2.75, 3.05) is 0 Å². The molecule has 0 N–H and O–H groups in total. The van der Waals surface area contributed by atoms with Crippen molar-refractivity contribution < 1.29 is 0 Å². The van der Waals surface area contributed by atoms with E-state index in [1.54, 1.807) is 0 Å². The lowest BCUT2D eigenvalue weighted by molar-refractivity contribution is 0.542. The normalized spacial score (nSPS) is 11.9. The largest absolute Gasteiger partial charge is 0.0654 e. The van der Waals surface area contributed by atoms with Crippen LogP contribution >= 0.6 is 0 Å². The summed E-state index contributed by atoms with van der Waals surface area (Å²) in [6, 6.07) is 30.8. The van der Waals surface area contributed by atoms with E-state index in [4.69, 9.17) is 6.92 Å². The maximum Gasteiger partial charge on any atom is 0.0203 e. The third-order valence-corrected chi connectivity index (χ3v) is 5.56. The molecule has 0 aliphatic carbocycles. The van der Waals surface area contributed by atoms with E-state index in [0.29, 0.717) is 0 Å². The second kappa shape index (κ2) is 6.96. The van der Waals surface area contributed by atoms with Crippen LogP contribution in [0.2, 0.25) is 0 Å². The Morgan fingerprint density at radius 3 is 1.58 bits per heavy atom. The molecular formula is C26H25. The molecule has 0 heterocycles. The van der Waals surface area contributed by atoms with Gasteiger partial charge in [0, 0.05) is 5.41 Å². The molecule has 0 aromatic heterocycles. The number of rotatable bonds is 5. The molecule has 4 aromatic carbocycles. The van der Waals surface area contributed by atoms with Gasteiger partial charge in [0.15, 0.2) is 0 Å². The van der Waals surface area contributed by atoms with Crippen molar-refractivity contribution in [1.29, 1.82) is 0 Å². The average Bonchev–Trinajstić information content (AvgIpc) is 2.71. The van der Waals surface area contributed by atoms with Crippen molar-refractivity contribution in [2.45, 2.75) is 31.6 Å². The van der Waals surface area contributed by atoms with Gasteiger partial charge in [-0.2, -0.15) is 0 Å². The molecule has 0 heteroatoms. The van der Waals surface area contributed by atoms with Crippen molar-refractivity contribution >= 4 is 21.5 Å². The molecule has 0 amide bonds. The third-order valence-electron chi connectivity index (χ3n) is 5.56. The predicted molar refractivity (Wildman–Crippen MR) is 114 cm³/mol. The molecule has 0 fully saturated rings. The zero-order valence-corrected chi connectivity index (χ0v) is 15.4. The second-order valence-electron chi connectivity index (χ2n) is 7.31. The van der Waals surface area contributed by atoms with Crippen LogP contribution in [-0.4, -0.2) is 0 Å². The first-order valence-electron chi connectivity index (χ1n) is 9.54. The third kappa shape index (κ3) is 3.01. The minimum atomic E-state index is -0.218. The van der Waals surface area contributed by atoms with Gasteiger partial charge in [-0.25, -0.2) is 0 Å². The van der Waals surface area contributed by atoms with Crippen molar-refractivity contribution in [3.05, 3.63) is 103 Å². The fourth-order valence-corrected chi connectivity index (χ4v) is 3.91. The van der Waals surface area contributed by atoms with Gasteiger partial charge in [0.2, 0.25) is 0 Å². The Hall–Kier alpha value is -2.60. The number of unbranched alkanes of at least 4 members (excludes halogenated alkanes) is 1. The molecule has 0 spiro atoms. The van der Waals surface area contributed by atoms with Gasteiger partial charge >= 0.3 is 0 Å². The zero-order valence-electron chi connectivity index (χ0n) is 15.4. The summed E-state index contributed by atoms with van der Waals surface area (Å²) >= 11 is 0. The topological polar surface area (TPSA) is 0 Å². The molecule has 0 saturated carbocycles. The standard InChI is InChI=1S/C26H25/c1-3-4-17-26(2,24-15-13-20-9-5-7-11-22(20)18-24)25-16-14-21-10-6-8-12-23(21)19-25/h5-16,18-19H,2-4,17H2,1H3. The Morgan fingerprint density at radius 1 is 0.654 bits per heavy atom. The number of hydrogen-bond acceptors (Lipinski definition) is 0. The quantitative estimate of drug-likeness (QED) is 0.358. The van der Waals surface area contributed by atoms with Crippen LogP contribution in [0.25, 0.3) is 21.5 Å². The van der Waals surface area contributed by atoms with Crippen LogP contribution in [0.15, 0.2) is 84.9 Å². The molecule has 0 nitrogen and oxygen atoms in total. The van der Waals surface area contributed by atoms with E-state index in [2.05, 4.69) is 91.9 Å². The van der Waals surface area contributed by atoms with E-state index >= 15 is 0 Å². The van der Waals surface area contributed by atoms with Crippen molar-refractivity contribution in [2.24, 2.45) is 0 Å². The molecule has 129 valence electrons. The lowest BCUT2D eigenvalue weighted by atomic mass is 9.72. The summed E-state index contributed by atoms with van der Waals surface area (Å²) in [5, 5.41) is 5.14. The lowest BCUT2D eigenvalue weighted by Crippen LogP contribution is -2.24. The van der Waals surface area contributed by atoms with E-state index < -0.39 is 0 Å². The average molecular weight is 337 g/mol. The van der Waals surface area contributed by atoms with Crippen LogP contribution in [0.3, 0.4) is 0 Å². The SMILES string of the molecule is [CH2]C(CCCC)(c1ccc2ccccc2c1)c1ccc2ccccc2c1. The van der Waals surface area contributed by atoms with Gasteiger partial charge in [-0.05, 0) is 46.0 Å². The zero-order chi connectivity index (χ0) is 18.0. The monoisotopic (exact) mass is 337 g/mol. The molecule has 0 atom stereocenters. The van der Waals surface area contributed by atoms with Crippen LogP contribution in [0.5, 0.6) is 0 Å². The van der Waals surface area contributed by atoms with Gasteiger partial charge in [0.1, 0.15) is 0 Å². The Bertz CT molecular complexity index is 962. The number of benzene rings is 4. The first kappa shape index (κ1) is 16.8. The van der Waals surface area contributed by atoms with Crippen LogP contribution < -0.4 is 0 Å². The molecule has 0 aliphatic rings. The van der Waals surface area contributed by atoms with Crippen LogP contribution in [0.1, 0.15) is 37.3 Å². The van der Waals surface area contributed by atoms with Gasteiger partial charge in [0.05, 0.1) is 0 Å². The summed E-state index contributed by atoms with van der Waals surface area (Å²) in [5.74, 6) is 0. The summed E-state index contributed by atoms with van der Waals surface area (Å²) in [6.07, 6.45) is 3.40. The highest BCUT2D eigenvalue weighted by molar-refractivity contribution is 5.85. The summed E-state index contributed by atoms with van der Waals surface area (Å²) in [4.78, 5) is 0. The molecule has 4 rings (SSSR count). The predicted octanol–water partition coefficient (Wildman–Crippen LogP) is 7.30. The molecular weight excluding hydrogens is 312 g/mol. The van der Waals surface area contributed by atoms with Crippen LogP contribution in [0.4, 0.5) is 0 Å². The van der Waals surface area contributed by atoms with Crippen LogP contribution in [-0.2, 0) is 5.41 Å². The Kier molecular flexibility index (Phi) is 4.51. The van der Waals surface area contributed by atoms with Crippen molar-refractivity contribution in [3.63, 3.8) is 0 Å². The van der Waals surface area contributed by atoms with Gasteiger partial charge in [-0.15, -0.1) is 0 Å². The van der Waals surface area contributed by atoms with E-state index in [-0.39, 0.29) is 5.41 Å². The summed E-state index contributed by atoms with van der Waals surface area (Å²) in [6.45, 7) is 7.01. The van der Waals surface area contributed by atoms with E-state index in [1.165, 1.54) is 45.5 Å². The molecule has 0 unspecified atom stereocenters. The smallest absolute Gasteiger partial charge is 0.0203 e. The highest BCUT2D eigenvalue weighted by atomic mass is 14.3. The maximum atomic E-state index is 4.76. The fourth-order valence-electron chi connectivity index (χ4n) is 3.91. The van der Waals surface area contributed by atoms with Gasteiger partial charge in [-0.1, -0.05) is 105 Å². The van der Waals surface area contributed by atoms with Crippen molar-refractivity contribution in [3.8, 4) is 0 Å². The van der Waals surface area contributed by atoms with Crippen LogP contribution in [0, 0.1) is 6.92 Å². The first-order valence-corrected chi connectivity index (χ1v) is 9.54. The molecule has 0 aliphatic heterocycles. The highest BCUT2D eigenvalue weighted by Crippen LogP contribution is 2.38. The van der Waals surface area contributed by atoms with Gasteiger partial charge in [0.25, 0.3) is 0 Å². The Balaban J connectivity index is 1.87. The highest BCUT2D eigenvalue weighted by Gasteiger charge is 2.28. The molecule has 1 radical (unpaired) electrons. The van der Waals surface area contributed by atoms with Gasteiger partial charge in [-0.3, -0.25) is 0 Å². The summed E-state index contributed by atoms with van der Waals surface area (Å²) in [7, 11) is 0. The summed E-state index contributed by atoms with van der Waals surface area (Å²) in [5.41, 5.74) is 2.39. The Labute approximate surface area is 156 Å². The molecule has 0 saturated heterocycles. The fraction of sp³-hybridized carbons (Fsp3) is 0.192. The lowest BCUT2D eigenvalue weighted by Gasteiger charge is -2.31.